The van der Waals surface area contributed by atoms with Crippen LogP contribution in [0.15, 0.2) is 71.3 Å². The number of carbonyl (C=O) groups excluding carboxylic acids is 4. The van der Waals surface area contributed by atoms with E-state index in [-0.39, 0.29) is 24.0 Å². The molecule has 4 amide bonds. The minimum absolute atomic E-state index is 0.0882. The molecule has 2 aliphatic heterocycles. The van der Waals surface area contributed by atoms with Crippen LogP contribution in [0.4, 0.5) is 4.79 Å². The van der Waals surface area contributed by atoms with E-state index in [1.165, 1.54) is 4.90 Å². The van der Waals surface area contributed by atoms with E-state index >= 15 is 0 Å². The number of amidine groups is 1. The number of hydrogen-bond acceptors (Lipinski definition) is 6. The predicted molar refractivity (Wildman–Crippen MR) is 163 cm³/mol. The SMILES string of the molecule is CC(C)(C)Oc1cc(C(=O)CC(N)=O)ccc1C1=N[C@@H](C2=CCC=C2)[C@@H](c2ccc(Cl)cc2)N1C(=O)N1CCNC(=O)C1. The highest BCUT2D eigenvalue weighted by Gasteiger charge is 2.45. The molecule has 2 heterocycles. The minimum atomic E-state index is -0.735. The Kier molecular flexibility index (Phi) is 8.41. The molecule has 0 saturated carbocycles. The lowest BCUT2D eigenvalue weighted by Crippen LogP contribution is -2.55. The Labute approximate surface area is 255 Å². The molecule has 0 aromatic heterocycles. The second-order valence-electron chi connectivity index (χ2n) is 11.7. The summed E-state index contributed by atoms with van der Waals surface area (Å²) in [6, 6.07) is 10.7. The second kappa shape index (κ2) is 12.0. The quantitative estimate of drug-likeness (QED) is 0.362. The molecule has 1 fully saturated rings. The first-order valence-electron chi connectivity index (χ1n) is 14.1. The van der Waals surface area contributed by atoms with Crippen molar-refractivity contribution in [3.63, 3.8) is 0 Å². The van der Waals surface area contributed by atoms with Crippen molar-refractivity contribution < 1.29 is 23.9 Å². The van der Waals surface area contributed by atoms with Crippen LogP contribution in [0.1, 0.15) is 61.1 Å². The summed E-state index contributed by atoms with van der Waals surface area (Å²) in [4.78, 5) is 59.3. The number of ether oxygens (including phenoxy) is 1. The van der Waals surface area contributed by atoms with Crippen molar-refractivity contribution in [3.8, 4) is 5.75 Å². The Morgan fingerprint density at radius 2 is 1.88 bits per heavy atom. The van der Waals surface area contributed by atoms with Gasteiger partial charge in [-0.1, -0.05) is 48.0 Å². The molecular formula is C32H34ClN5O5. The average Bonchev–Trinajstić information content (AvgIpc) is 3.60. The molecule has 0 spiro atoms. The van der Waals surface area contributed by atoms with E-state index in [9.17, 15) is 19.2 Å². The number of piperazine rings is 1. The molecule has 1 aliphatic carbocycles. The summed E-state index contributed by atoms with van der Waals surface area (Å²) >= 11 is 6.24. The number of nitrogens with zero attached hydrogens (tertiary/aromatic N) is 3. The van der Waals surface area contributed by atoms with Crippen molar-refractivity contribution in [2.24, 2.45) is 10.7 Å². The highest BCUT2D eigenvalue weighted by atomic mass is 35.5. The van der Waals surface area contributed by atoms with E-state index in [2.05, 4.69) is 11.4 Å². The van der Waals surface area contributed by atoms with Crippen LogP contribution in [-0.4, -0.2) is 70.5 Å². The Morgan fingerprint density at radius 3 is 2.51 bits per heavy atom. The number of halogens is 1. The van der Waals surface area contributed by atoms with Crippen molar-refractivity contribution in [2.75, 3.05) is 19.6 Å². The van der Waals surface area contributed by atoms with E-state index < -0.39 is 35.8 Å². The topological polar surface area (TPSA) is 134 Å². The highest BCUT2D eigenvalue weighted by molar-refractivity contribution is 6.30. The molecule has 1 saturated heterocycles. The average molecular weight is 604 g/mol. The van der Waals surface area contributed by atoms with Gasteiger partial charge in [0.2, 0.25) is 11.8 Å². The molecule has 0 unspecified atom stereocenters. The summed E-state index contributed by atoms with van der Waals surface area (Å²) in [5, 5.41) is 3.33. The number of nitrogens with two attached hydrogens (primary N) is 1. The number of amides is 4. The van der Waals surface area contributed by atoms with Gasteiger partial charge in [-0.3, -0.25) is 24.3 Å². The van der Waals surface area contributed by atoms with Crippen molar-refractivity contribution in [1.82, 2.24) is 15.1 Å². The maximum Gasteiger partial charge on any atom is 0.326 e. The van der Waals surface area contributed by atoms with Crippen LogP contribution in [0.3, 0.4) is 0 Å². The summed E-state index contributed by atoms with van der Waals surface area (Å²) in [6.07, 6.45) is 6.43. The fraction of sp³-hybridized carbons (Fsp3) is 0.344. The number of ketones is 1. The fourth-order valence-corrected chi connectivity index (χ4v) is 5.53. The maximum absolute atomic E-state index is 14.4. The summed E-state index contributed by atoms with van der Waals surface area (Å²) in [5.74, 6) is -0.761. The lowest BCUT2D eigenvalue weighted by atomic mass is 9.94. The van der Waals surface area contributed by atoms with Gasteiger partial charge in [0, 0.05) is 23.7 Å². The first kappa shape index (κ1) is 30.0. The van der Waals surface area contributed by atoms with Gasteiger partial charge in [0.1, 0.15) is 29.8 Å². The van der Waals surface area contributed by atoms with Gasteiger partial charge in [-0.25, -0.2) is 4.79 Å². The van der Waals surface area contributed by atoms with Crippen LogP contribution in [-0.2, 0) is 9.59 Å². The van der Waals surface area contributed by atoms with Gasteiger partial charge in [0.25, 0.3) is 0 Å². The molecule has 43 heavy (non-hydrogen) atoms. The number of hydrogen-bond donors (Lipinski definition) is 2. The molecule has 2 atom stereocenters. The van der Waals surface area contributed by atoms with Crippen LogP contribution in [0, 0.1) is 0 Å². The number of carbonyl (C=O) groups is 4. The number of allylic oxidation sites excluding steroid dienone is 2. The monoisotopic (exact) mass is 603 g/mol. The molecule has 11 heteroatoms. The van der Waals surface area contributed by atoms with Crippen molar-refractivity contribution in [3.05, 3.63) is 88.0 Å². The normalized spacial score (nSPS) is 20.0. The van der Waals surface area contributed by atoms with Crippen LogP contribution >= 0.6 is 11.6 Å². The number of rotatable bonds is 7. The number of primary amides is 1. The second-order valence-corrected chi connectivity index (χ2v) is 12.1. The standard InChI is InChI=1S/C32H34ClN5O5/c1-32(2,3)43-25-16-21(24(39)17-26(34)40)10-13-23(25)30-36-28(19-6-4-5-7-19)29(20-8-11-22(33)12-9-20)38(30)31(42)37-15-14-35-27(41)18-37/h4,6-13,16,28-29H,5,14-15,17-18H2,1-3H3,(H2,34,40)(H,35,41)/t28-,29+/m0/s1. The first-order chi connectivity index (χ1) is 20.4. The summed E-state index contributed by atoms with van der Waals surface area (Å²) < 4.78 is 6.34. The van der Waals surface area contributed by atoms with E-state index in [0.717, 1.165) is 17.6 Å². The van der Waals surface area contributed by atoms with E-state index in [1.54, 1.807) is 35.2 Å². The molecule has 2 aromatic carbocycles. The third-order valence-corrected chi connectivity index (χ3v) is 7.48. The van der Waals surface area contributed by atoms with Crippen molar-refractivity contribution in [2.45, 2.75) is 51.3 Å². The fourth-order valence-electron chi connectivity index (χ4n) is 5.40. The molecule has 0 bridgehead atoms. The van der Waals surface area contributed by atoms with Crippen LogP contribution in [0.5, 0.6) is 5.75 Å². The van der Waals surface area contributed by atoms with E-state index in [4.69, 9.17) is 27.1 Å². The number of aliphatic imine (C=N–C) groups is 1. The zero-order valence-corrected chi connectivity index (χ0v) is 25.1. The first-order valence-corrected chi connectivity index (χ1v) is 14.5. The van der Waals surface area contributed by atoms with Crippen LogP contribution in [0.25, 0.3) is 0 Å². The lowest BCUT2D eigenvalue weighted by Gasteiger charge is -2.36. The van der Waals surface area contributed by atoms with E-state index in [1.807, 2.05) is 45.1 Å². The summed E-state index contributed by atoms with van der Waals surface area (Å²) in [5.41, 5.74) is 7.11. The van der Waals surface area contributed by atoms with Gasteiger partial charge in [-0.05, 0) is 62.6 Å². The third kappa shape index (κ3) is 6.64. The molecule has 0 radical (unpaired) electrons. The Morgan fingerprint density at radius 1 is 1.14 bits per heavy atom. The molecule has 3 aliphatic rings. The summed E-state index contributed by atoms with van der Waals surface area (Å²) in [6.45, 7) is 6.19. The van der Waals surface area contributed by atoms with Gasteiger partial charge in [0.15, 0.2) is 5.78 Å². The molecular weight excluding hydrogens is 570 g/mol. The molecule has 3 N–H and O–H groups in total. The largest absolute Gasteiger partial charge is 0.487 e. The van der Waals surface area contributed by atoms with E-state index in [0.29, 0.717) is 35.3 Å². The lowest BCUT2D eigenvalue weighted by molar-refractivity contribution is -0.123. The Hall–Kier alpha value is -4.44. The van der Waals surface area contributed by atoms with Gasteiger partial charge in [-0.2, -0.15) is 0 Å². The number of urea groups is 1. The number of Topliss-reactive ketones (excluding diaryl/α,β-unsaturated/α-hetero) is 1. The van der Waals surface area contributed by atoms with Gasteiger partial charge < -0.3 is 20.7 Å². The Bertz CT molecular complexity index is 1560. The predicted octanol–water partition coefficient (Wildman–Crippen LogP) is 4.19. The molecule has 10 nitrogen and oxygen atoms in total. The van der Waals surface area contributed by atoms with Gasteiger partial charge in [0.05, 0.1) is 18.0 Å². The Balaban J connectivity index is 1.69. The zero-order chi connectivity index (χ0) is 30.9. The maximum atomic E-state index is 14.4. The van der Waals surface area contributed by atoms with Crippen LogP contribution in [0.2, 0.25) is 5.02 Å². The molecule has 2 aromatic rings. The zero-order valence-electron chi connectivity index (χ0n) is 24.3. The van der Waals surface area contributed by atoms with Crippen LogP contribution < -0.4 is 15.8 Å². The third-order valence-electron chi connectivity index (χ3n) is 7.23. The highest BCUT2D eigenvalue weighted by Crippen LogP contribution is 2.42. The van der Waals surface area contributed by atoms with Crippen molar-refractivity contribution >= 4 is 41.1 Å². The number of nitrogens with one attached hydrogen (secondary N) is 1. The van der Waals surface area contributed by atoms with Gasteiger partial charge >= 0.3 is 6.03 Å². The smallest absolute Gasteiger partial charge is 0.326 e. The summed E-state index contributed by atoms with van der Waals surface area (Å²) in [7, 11) is 0. The number of benzene rings is 2. The van der Waals surface area contributed by atoms with Gasteiger partial charge in [-0.15, -0.1) is 0 Å². The molecule has 224 valence electrons. The minimum Gasteiger partial charge on any atom is -0.487 e. The van der Waals surface area contributed by atoms with Crippen molar-refractivity contribution in [1.29, 1.82) is 0 Å². The molecule has 5 rings (SSSR count).